The third-order valence-electron chi connectivity index (χ3n) is 7.02. The molecule has 3 N–H and O–H groups in total. The van der Waals surface area contributed by atoms with Gasteiger partial charge in [0.2, 0.25) is 0 Å². The van der Waals surface area contributed by atoms with E-state index in [0.717, 1.165) is 29.0 Å². The smallest absolute Gasteiger partial charge is 0.251 e. The van der Waals surface area contributed by atoms with Crippen molar-refractivity contribution in [2.45, 2.75) is 37.6 Å². The van der Waals surface area contributed by atoms with Crippen LogP contribution in [0.2, 0.25) is 0 Å². The Morgan fingerprint density at radius 2 is 1.42 bits per heavy atom. The molecule has 0 aliphatic heterocycles. The molecule has 2 aliphatic rings. The van der Waals surface area contributed by atoms with Crippen LogP contribution in [0.3, 0.4) is 0 Å². The number of carbonyl (C=O) groups excluding carboxylic acids is 1. The van der Waals surface area contributed by atoms with Gasteiger partial charge in [0, 0.05) is 17.5 Å². The minimum atomic E-state index is -0.192. The number of fused-ring (bicyclic) bond motifs is 2. The van der Waals surface area contributed by atoms with E-state index in [1.807, 2.05) is 48.5 Å². The first-order valence-electron chi connectivity index (χ1n) is 11.1. The van der Waals surface area contributed by atoms with Crippen LogP contribution in [-0.4, -0.2) is 22.2 Å². The lowest BCUT2D eigenvalue weighted by atomic mass is 9.82. The number of hydrogen-bond donors (Lipinski definition) is 3. The molecule has 31 heavy (non-hydrogen) atoms. The van der Waals surface area contributed by atoms with Crippen LogP contribution in [0, 0.1) is 11.8 Å². The van der Waals surface area contributed by atoms with E-state index in [0.29, 0.717) is 11.5 Å². The van der Waals surface area contributed by atoms with Crippen molar-refractivity contribution in [2.75, 3.05) is 0 Å². The van der Waals surface area contributed by atoms with Gasteiger partial charge in [-0.3, -0.25) is 4.79 Å². The Hall–Kier alpha value is -3.27. The average molecular weight is 414 g/mol. The van der Waals surface area contributed by atoms with Crippen molar-refractivity contribution < 1.29 is 15.0 Å². The van der Waals surface area contributed by atoms with Crippen molar-refractivity contribution in [3.8, 4) is 11.5 Å². The topological polar surface area (TPSA) is 69.6 Å². The number of phenols is 2. The second-order valence-corrected chi connectivity index (χ2v) is 8.96. The van der Waals surface area contributed by atoms with E-state index in [2.05, 4.69) is 5.32 Å². The molecule has 3 unspecified atom stereocenters. The molecule has 3 aromatic carbocycles. The van der Waals surface area contributed by atoms with Crippen LogP contribution in [0.4, 0.5) is 0 Å². The number of aromatic hydroxyl groups is 2. The van der Waals surface area contributed by atoms with Gasteiger partial charge >= 0.3 is 0 Å². The summed E-state index contributed by atoms with van der Waals surface area (Å²) >= 11 is 0. The molecule has 2 fully saturated rings. The first-order chi connectivity index (χ1) is 15.1. The average Bonchev–Trinajstić information content (AvgIpc) is 3.40. The second-order valence-electron chi connectivity index (χ2n) is 8.96. The minimum absolute atomic E-state index is 0.0179. The lowest BCUT2D eigenvalue weighted by molar-refractivity contribution is 0.0922. The molecule has 0 spiro atoms. The van der Waals surface area contributed by atoms with Crippen LogP contribution in [0.1, 0.15) is 58.6 Å². The van der Waals surface area contributed by atoms with Crippen molar-refractivity contribution >= 4 is 5.91 Å². The number of rotatable bonds is 5. The Balaban J connectivity index is 1.53. The van der Waals surface area contributed by atoms with Crippen LogP contribution in [0.25, 0.3) is 0 Å². The highest BCUT2D eigenvalue weighted by Gasteiger charge is 2.40. The lowest BCUT2D eigenvalue weighted by Gasteiger charge is -2.25. The zero-order valence-corrected chi connectivity index (χ0v) is 17.4. The zero-order chi connectivity index (χ0) is 21.4. The van der Waals surface area contributed by atoms with Crippen LogP contribution in [0.15, 0.2) is 72.8 Å². The zero-order valence-electron chi connectivity index (χ0n) is 17.4. The molecular weight excluding hydrogens is 386 g/mol. The van der Waals surface area contributed by atoms with Crippen molar-refractivity contribution in [3.63, 3.8) is 0 Å². The maximum absolute atomic E-state index is 13.4. The van der Waals surface area contributed by atoms with Gasteiger partial charge in [0.15, 0.2) is 0 Å². The van der Waals surface area contributed by atoms with E-state index in [-0.39, 0.29) is 29.4 Å². The van der Waals surface area contributed by atoms with Gasteiger partial charge in [0.1, 0.15) is 11.5 Å². The molecule has 0 radical (unpaired) electrons. The lowest BCUT2D eigenvalue weighted by Crippen LogP contribution is -2.39. The molecule has 3 aromatic rings. The molecule has 2 bridgehead atoms. The summed E-state index contributed by atoms with van der Waals surface area (Å²) in [6.07, 6.45) is 4.87. The van der Waals surface area contributed by atoms with Crippen LogP contribution in [0.5, 0.6) is 11.5 Å². The van der Waals surface area contributed by atoms with Gasteiger partial charge in [-0.2, -0.15) is 0 Å². The monoisotopic (exact) mass is 413 g/mol. The summed E-state index contributed by atoms with van der Waals surface area (Å²) in [4.78, 5) is 13.4. The summed E-state index contributed by atoms with van der Waals surface area (Å²) in [5.74, 6) is 1.59. The highest BCUT2D eigenvalue weighted by molar-refractivity contribution is 5.96. The number of phenolic OH excluding ortho intramolecular Hbond substituents is 2. The number of hydrogen-bond acceptors (Lipinski definition) is 3. The molecule has 0 saturated heterocycles. The van der Waals surface area contributed by atoms with Gasteiger partial charge in [0.05, 0.1) is 0 Å². The molecule has 0 aromatic heterocycles. The van der Waals surface area contributed by atoms with Crippen molar-refractivity contribution in [2.24, 2.45) is 11.8 Å². The van der Waals surface area contributed by atoms with Crippen molar-refractivity contribution in [3.05, 3.63) is 95.1 Å². The second kappa shape index (κ2) is 8.10. The Morgan fingerprint density at radius 1 is 0.806 bits per heavy atom. The van der Waals surface area contributed by atoms with E-state index >= 15 is 0 Å². The molecule has 1 amide bonds. The molecule has 0 heterocycles. The largest absolute Gasteiger partial charge is 0.508 e. The van der Waals surface area contributed by atoms with Gasteiger partial charge in [0.25, 0.3) is 5.91 Å². The fourth-order valence-corrected chi connectivity index (χ4v) is 5.51. The van der Waals surface area contributed by atoms with E-state index in [1.165, 1.54) is 19.3 Å². The van der Waals surface area contributed by atoms with Gasteiger partial charge < -0.3 is 15.5 Å². The molecule has 5 rings (SSSR count). The number of benzene rings is 3. The summed E-state index contributed by atoms with van der Waals surface area (Å²) in [5, 5.41) is 22.9. The SMILES string of the molecule is O=C(NC1CC2CCC1C2)c1ccccc1C(c1ccc(O)cc1)c1ccc(O)cc1. The van der Waals surface area contributed by atoms with Crippen LogP contribution >= 0.6 is 0 Å². The molecule has 2 aliphatic carbocycles. The van der Waals surface area contributed by atoms with E-state index in [4.69, 9.17) is 0 Å². The molecular formula is C27H27NO3. The molecule has 3 atom stereocenters. The first-order valence-corrected chi connectivity index (χ1v) is 11.1. The van der Waals surface area contributed by atoms with Gasteiger partial charge in [-0.05, 0) is 78.1 Å². The maximum atomic E-state index is 13.4. The Kier molecular flexibility index (Phi) is 5.14. The number of carbonyl (C=O) groups is 1. The highest BCUT2D eigenvalue weighted by Crippen LogP contribution is 2.44. The highest BCUT2D eigenvalue weighted by atomic mass is 16.3. The number of amides is 1. The Morgan fingerprint density at radius 3 is 1.97 bits per heavy atom. The molecule has 2 saturated carbocycles. The predicted molar refractivity (Wildman–Crippen MR) is 120 cm³/mol. The van der Waals surface area contributed by atoms with Gasteiger partial charge in [-0.25, -0.2) is 0 Å². The summed E-state index contributed by atoms with van der Waals surface area (Å²) in [7, 11) is 0. The fourth-order valence-electron chi connectivity index (χ4n) is 5.51. The molecule has 4 nitrogen and oxygen atoms in total. The van der Waals surface area contributed by atoms with Crippen molar-refractivity contribution in [1.82, 2.24) is 5.32 Å². The Bertz CT molecular complexity index is 1030. The fraction of sp³-hybridized carbons (Fsp3) is 0.296. The quantitative estimate of drug-likeness (QED) is 0.504. The minimum Gasteiger partial charge on any atom is -0.508 e. The summed E-state index contributed by atoms with van der Waals surface area (Å²) in [5.41, 5.74) is 3.54. The molecule has 158 valence electrons. The Labute approximate surface area is 182 Å². The maximum Gasteiger partial charge on any atom is 0.251 e. The van der Waals surface area contributed by atoms with Crippen LogP contribution in [-0.2, 0) is 0 Å². The van der Waals surface area contributed by atoms with Gasteiger partial charge in [-0.1, -0.05) is 48.9 Å². The summed E-state index contributed by atoms with van der Waals surface area (Å²) in [6, 6.07) is 22.2. The third-order valence-corrected chi connectivity index (χ3v) is 7.02. The summed E-state index contributed by atoms with van der Waals surface area (Å²) < 4.78 is 0. The van der Waals surface area contributed by atoms with E-state index < -0.39 is 0 Å². The van der Waals surface area contributed by atoms with Crippen molar-refractivity contribution in [1.29, 1.82) is 0 Å². The van der Waals surface area contributed by atoms with E-state index in [9.17, 15) is 15.0 Å². The standard InChI is InChI=1S/C27H27NO3/c29-21-11-7-18(8-12-21)26(19-9-13-22(30)14-10-19)23-3-1-2-4-24(23)27(31)28-25-16-17-5-6-20(25)15-17/h1-4,7-14,17,20,25-26,29-30H,5-6,15-16H2,(H,28,31). The summed E-state index contributed by atoms with van der Waals surface area (Å²) in [6.45, 7) is 0. The van der Waals surface area contributed by atoms with E-state index in [1.54, 1.807) is 24.3 Å². The van der Waals surface area contributed by atoms with Gasteiger partial charge in [-0.15, -0.1) is 0 Å². The third kappa shape index (κ3) is 3.90. The van der Waals surface area contributed by atoms with Crippen LogP contribution < -0.4 is 5.32 Å². The first kappa shape index (κ1) is 19.7. The normalized spacial score (nSPS) is 22.0. The number of nitrogens with one attached hydrogen (secondary N) is 1. The predicted octanol–water partition coefficient (Wildman–Crippen LogP) is 5.20. The molecule has 4 heteroatoms.